The van der Waals surface area contributed by atoms with Crippen LogP contribution in [0.1, 0.15) is 24.5 Å². The predicted molar refractivity (Wildman–Crippen MR) is 100 cm³/mol. The van der Waals surface area contributed by atoms with Crippen LogP contribution < -0.4 is 15.8 Å². The SMILES string of the molecule is I.NC(=NCc1nnc2n1CCCC2)Nc1ccccc1OC(F)(F)F. The molecule has 2 aromatic rings. The molecule has 1 aromatic heterocycles. The monoisotopic (exact) mass is 482 g/mol. The van der Waals surface area contributed by atoms with Crippen LogP contribution in [0.3, 0.4) is 0 Å². The smallest absolute Gasteiger partial charge is 0.404 e. The molecule has 0 atom stereocenters. The number of fused-ring (bicyclic) bond motifs is 1. The van der Waals surface area contributed by atoms with Crippen molar-refractivity contribution in [3.05, 3.63) is 35.9 Å². The lowest BCUT2D eigenvalue weighted by Gasteiger charge is -2.15. The van der Waals surface area contributed by atoms with E-state index < -0.39 is 6.36 Å². The largest absolute Gasteiger partial charge is 0.573 e. The number of hydrogen-bond donors (Lipinski definition) is 2. The Morgan fingerprint density at radius 2 is 2.04 bits per heavy atom. The van der Waals surface area contributed by atoms with Crippen molar-refractivity contribution in [2.24, 2.45) is 10.7 Å². The van der Waals surface area contributed by atoms with E-state index in [0.717, 1.165) is 31.6 Å². The number of aryl methyl sites for hydroxylation is 1. The summed E-state index contributed by atoms with van der Waals surface area (Å²) in [4.78, 5) is 4.13. The van der Waals surface area contributed by atoms with E-state index in [1.54, 1.807) is 6.07 Å². The second kappa shape index (κ2) is 8.56. The number of benzene rings is 1. The quantitative estimate of drug-likeness (QED) is 0.398. The van der Waals surface area contributed by atoms with Gasteiger partial charge in [-0.25, -0.2) is 4.99 Å². The Bertz CT molecular complexity index is 777. The second-order valence-corrected chi connectivity index (χ2v) is 5.51. The number of para-hydroxylation sites is 2. The molecule has 0 bridgehead atoms. The predicted octanol–water partition coefficient (Wildman–Crippen LogP) is 3.06. The maximum absolute atomic E-state index is 12.4. The van der Waals surface area contributed by atoms with Gasteiger partial charge < -0.3 is 20.4 Å². The number of aromatic nitrogens is 3. The number of nitrogens with one attached hydrogen (secondary N) is 1. The Kier molecular flexibility index (Phi) is 6.67. The molecule has 11 heteroatoms. The molecule has 0 unspecified atom stereocenters. The summed E-state index contributed by atoms with van der Waals surface area (Å²) in [5.74, 6) is 1.19. The molecule has 142 valence electrons. The van der Waals surface area contributed by atoms with Gasteiger partial charge in [-0.1, -0.05) is 12.1 Å². The second-order valence-electron chi connectivity index (χ2n) is 5.51. The molecule has 1 aliphatic rings. The third kappa shape index (κ3) is 5.22. The zero-order chi connectivity index (χ0) is 17.9. The van der Waals surface area contributed by atoms with Crippen molar-refractivity contribution in [3.8, 4) is 5.75 Å². The summed E-state index contributed by atoms with van der Waals surface area (Å²) < 4.78 is 43.2. The number of hydrogen-bond acceptors (Lipinski definition) is 4. The molecular weight excluding hydrogens is 464 g/mol. The number of guanidine groups is 1. The van der Waals surface area contributed by atoms with Gasteiger partial charge >= 0.3 is 6.36 Å². The molecule has 3 N–H and O–H groups in total. The van der Waals surface area contributed by atoms with Crippen LogP contribution in [-0.2, 0) is 19.5 Å². The lowest BCUT2D eigenvalue weighted by molar-refractivity contribution is -0.274. The highest BCUT2D eigenvalue weighted by Gasteiger charge is 2.32. The Labute approximate surface area is 164 Å². The number of nitrogens with two attached hydrogens (primary N) is 1. The molecule has 0 fully saturated rings. The number of aliphatic imine (C=N–C) groups is 1. The van der Waals surface area contributed by atoms with Crippen LogP contribution in [0.2, 0.25) is 0 Å². The molecule has 0 saturated carbocycles. The van der Waals surface area contributed by atoms with Gasteiger partial charge in [0.15, 0.2) is 17.5 Å². The van der Waals surface area contributed by atoms with Crippen molar-refractivity contribution in [2.75, 3.05) is 5.32 Å². The number of halogens is 4. The van der Waals surface area contributed by atoms with Crippen molar-refractivity contribution in [2.45, 2.75) is 38.7 Å². The average Bonchev–Trinajstić information content (AvgIpc) is 2.97. The molecule has 3 rings (SSSR count). The zero-order valence-electron chi connectivity index (χ0n) is 13.7. The first-order chi connectivity index (χ1) is 11.9. The van der Waals surface area contributed by atoms with Gasteiger partial charge in [-0.15, -0.1) is 47.3 Å². The van der Waals surface area contributed by atoms with Crippen molar-refractivity contribution in [1.82, 2.24) is 14.8 Å². The van der Waals surface area contributed by atoms with E-state index in [0.29, 0.717) is 5.82 Å². The summed E-state index contributed by atoms with van der Waals surface area (Å²) >= 11 is 0. The minimum absolute atomic E-state index is 0. The molecule has 0 saturated heterocycles. The molecule has 0 radical (unpaired) electrons. The number of nitrogens with zero attached hydrogens (tertiary/aromatic N) is 4. The van der Waals surface area contributed by atoms with Crippen molar-refractivity contribution in [3.63, 3.8) is 0 Å². The number of rotatable bonds is 4. The normalized spacial score (nSPS) is 14.3. The number of ether oxygens (including phenoxy) is 1. The van der Waals surface area contributed by atoms with Gasteiger partial charge in [0.05, 0.1) is 5.69 Å². The fourth-order valence-electron chi connectivity index (χ4n) is 2.60. The first kappa shape index (κ1) is 20.3. The standard InChI is InChI=1S/C15H17F3N6O.HI/c16-15(17,18)25-11-6-2-1-5-10(11)21-14(19)20-9-13-23-22-12-7-3-4-8-24(12)13;/h1-2,5-6H,3-4,7-9H2,(H3,19,20,21);1H. The van der Waals surface area contributed by atoms with E-state index >= 15 is 0 Å². The maximum atomic E-state index is 12.4. The highest BCUT2D eigenvalue weighted by molar-refractivity contribution is 14.0. The van der Waals surface area contributed by atoms with Crippen LogP contribution in [0.15, 0.2) is 29.3 Å². The molecule has 26 heavy (non-hydrogen) atoms. The van der Waals surface area contributed by atoms with Crippen LogP contribution in [0, 0.1) is 0 Å². The first-order valence-corrected chi connectivity index (χ1v) is 7.75. The minimum Gasteiger partial charge on any atom is -0.404 e. The van der Waals surface area contributed by atoms with E-state index in [-0.39, 0.29) is 47.9 Å². The van der Waals surface area contributed by atoms with Gasteiger partial charge in [0.1, 0.15) is 12.4 Å². The van der Waals surface area contributed by atoms with Gasteiger partial charge in [0.25, 0.3) is 0 Å². The van der Waals surface area contributed by atoms with E-state index in [2.05, 4.69) is 25.2 Å². The van der Waals surface area contributed by atoms with E-state index in [1.165, 1.54) is 18.2 Å². The Morgan fingerprint density at radius 1 is 1.27 bits per heavy atom. The van der Waals surface area contributed by atoms with Crippen molar-refractivity contribution in [1.29, 1.82) is 0 Å². The van der Waals surface area contributed by atoms with E-state index in [4.69, 9.17) is 5.73 Å². The third-order valence-corrected chi connectivity index (χ3v) is 3.70. The summed E-state index contributed by atoms with van der Waals surface area (Å²) in [6.45, 7) is 1.02. The summed E-state index contributed by atoms with van der Waals surface area (Å²) in [5, 5.41) is 10.8. The third-order valence-electron chi connectivity index (χ3n) is 3.70. The molecule has 1 aliphatic heterocycles. The van der Waals surface area contributed by atoms with Crippen LogP contribution in [-0.4, -0.2) is 27.1 Å². The highest BCUT2D eigenvalue weighted by atomic mass is 127. The van der Waals surface area contributed by atoms with Gasteiger partial charge in [0.2, 0.25) is 0 Å². The minimum atomic E-state index is -4.79. The summed E-state index contributed by atoms with van der Waals surface area (Å²) in [5.41, 5.74) is 5.85. The first-order valence-electron chi connectivity index (χ1n) is 7.75. The van der Waals surface area contributed by atoms with Crippen LogP contribution in [0.5, 0.6) is 5.75 Å². The van der Waals surface area contributed by atoms with E-state index in [9.17, 15) is 13.2 Å². The molecule has 7 nitrogen and oxygen atoms in total. The topological polar surface area (TPSA) is 90.4 Å². The molecule has 0 amide bonds. The summed E-state index contributed by atoms with van der Waals surface area (Å²) in [6.07, 6.45) is -1.77. The number of alkyl halides is 3. The Morgan fingerprint density at radius 3 is 2.81 bits per heavy atom. The van der Waals surface area contributed by atoms with Crippen LogP contribution in [0.25, 0.3) is 0 Å². The fourth-order valence-corrected chi connectivity index (χ4v) is 2.60. The van der Waals surface area contributed by atoms with Gasteiger partial charge in [-0.2, -0.15) is 0 Å². The molecule has 2 heterocycles. The molecule has 1 aromatic carbocycles. The highest BCUT2D eigenvalue weighted by Crippen LogP contribution is 2.29. The number of anilines is 1. The zero-order valence-corrected chi connectivity index (χ0v) is 16.0. The van der Waals surface area contributed by atoms with Crippen LogP contribution >= 0.6 is 24.0 Å². The summed E-state index contributed by atoms with van der Waals surface area (Å²) in [6, 6.07) is 5.61. The Balaban J connectivity index is 0.00000243. The van der Waals surface area contributed by atoms with Gasteiger partial charge in [-0.05, 0) is 25.0 Å². The molecular formula is C15H18F3IN6O. The lowest BCUT2D eigenvalue weighted by Crippen LogP contribution is -2.25. The average molecular weight is 482 g/mol. The summed E-state index contributed by atoms with van der Waals surface area (Å²) in [7, 11) is 0. The van der Waals surface area contributed by atoms with Crippen LogP contribution in [0.4, 0.5) is 18.9 Å². The van der Waals surface area contributed by atoms with E-state index in [1.807, 2.05) is 4.57 Å². The maximum Gasteiger partial charge on any atom is 0.573 e. The fraction of sp³-hybridized carbons (Fsp3) is 0.400. The van der Waals surface area contributed by atoms with Gasteiger partial charge in [0, 0.05) is 13.0 Å². The van der Waals surface area contributed by atoms with Crippen molar-refractivity contribution >= 4 is 35.6 Å². The van der Waals surface area contributed by atoms with Crippen molar-refractivity contribution < 1.29 is 17.9 Å². The van der Waals surface area contributed by atoms with Gasteiger partial charge in [-0.3, -0.25) is 0 Å². The molecule has 0 aliphatic carbocycles. The lowest BCUT2D eigenvalue weighted by atomic mass is 10.2. The Hall–Kier alpha value is -2.05. The molecule has 0 spiro atoms.